The number of pyridine rings is 1. The van der Waals surface area contributed by atoms with Crippen LogP contribution in [-0.2, 0) is 32.2 Å². The van der Waals surface area contributed by atoms with Crippen LogP contribution in [0.3, 0.4) is 0 Å². The molecule has 0 bridgehead atoms. The van der Waals surface area contributed by atoms with Gasteiger partial charge < -0.3 is 19.7 Å². The largest absolute Gasteiger partial charge is 0.490 e. The molecule has 0 amide bonds. The van der Waals surface area contributed by atoms with Crippen LogP contribution in [0.1, 0.15) is 16.3 Å². The van der Waals surface area contributed by atoms with Gasteiger partial charge in [0.1, 0.15) is 0 Å². The zero-order valence-corrected chi connectivity index (χ0v) is 20.0. The van der Waals surface area contributed by atoms with Crippen molar-refractivity contribution in [3.63, 3.8) is 0 Å². The summed E-state index contributed by atoms with van der Waals surface area (Å²) in [6.45, 7) is 6.10. The van der Waals surface area contributed by atoms with Crippen LogP contribution in [0.5, 0.6) is 0 Å². The summed E-state index contributed by atoms with van der Waals surface area (Å²) in [7, 11) is 0. The van der Waals surface area contributed by atoms with Gasteiger partial charge in [-0.2, -0.15) is 26.3 Å². The van der Waals surface area contributed by atoms with E-state index in [1.165, 1.54) is 5.56 Å². The third-order valence-corrected chi connectivity index (χ3v) is 5.98. The lowest BCUT2D eigenvalue weighted by Gasteiger charge is -2.21. The minimum atomic E-state index is -5.08. The molecule has 2 aliphatic heterocycles. The van der Waals surface area contributed by atoms with Crippen LogP contribution in [-0.4, -0.2) is 81.3 Å². The van der Waals surface area contributed by atoms with Crippen molar-refractivity contribution in [2.75, 3.05) is 19.8 Å². The molecule has 4 heterocycles. The Kier molecular flexibility index (Phi) is 10.8. The molecule has 0 radical (unpaired) electrons. The zero-order chi connectivity index (χ0) is 27.8. The number of thiazole rings is 1. The third kappa shape index (κ3) is 9.87. The number of hydrogen-bond donors (Lipinski definition) is 2. The molecule has 0 unspecified atom stereocenters. The number of fused-ring (bicyclic) bond motifs is 1. The molecule has 2 N–H and O–H groups in total. The number of carboxylic acid groups (broad SMARTS) is 2. The molecule has 9 nitrogen and oxygen atoms in total. The number of halogens is 6. The standard InChI is InChI=1S/C17H21N3O2S.2C2HF3O2/c1-12-19-14(11-23-12)8-22-17-7-20(16-10-21-9-15(16)17)6-13-3-2-4-18-5-13;2*3-2(4,5)1(6)7/h2-5,11,15-17H,6-10H2,1H3;2*(H,6,7)/t15-,16+,17+;;/m0../s1. The Labute approximate surface area is 210 Å². The molecule has 16 heteroatoms. The number of aryl methyl sites for hydroxylation is 1. The van der Waals surface area contributed by atoms with Crippen molar-refractivity contribution in [1.82, 2.24) is 14.9 Å². The Bertz CT molecular complexity index is 996. The second-order valence-corrected chi connectivity index (χ2v) is 8.93. The van der Waals surface area contributed by atoms with Crippen LogP contribution in [0.25, 0.3) is 0 Å². The van der Waals surface area contributed by atoms with Gasteiger partial charge in [-0.15, -0.1) is 11.3 Å². The summed E-state index contributed by atoms with van der Waals surface area (Å²) in [5.41, 5.74) is 2.28. The normalized spacial score (nSPS) is 21.3. The Balaban J connectivity index is 0.000000286. The van der Waals surface area contributed by atoms with Crippen molar-refractivity contribution in [3.05, 3.63) is 46.2 Å². The van der Waals surface area contributed by atoms with E-state index in [1.807, 2.05) is 25.4 Å². The maximum atomic E-state index is 10.6. The van der Waals surface area contributed by atoms with E-state index < -0.39 is 24.3 Å². The molecule has 2 fully saturated rings. The Morgan fingerprint density at radius 3 is 2.27 bits per heavy atom. The highest BCUT2D eigenvalue weighted by molar-refractivity contribution is 7.09. The maximum Gasteiger partial charge on any atom is 0.490 e. The molecule has 0 saturated carbocycles. The van der Waals surface area contributed by atoms with Crippen LogP contribution in [0.15, 0.2) is 29.9 Å². The molecular formula is C21H23F6N3O6S. The van der Waals surface area contributed by atoms with E-state index in [4.69, 9.17) is 29.3 Å². The zero-order valence-electron chi connectivity index (χ0n) is 19.2. The smallest absolute Gasteiger partial charge is 0.475 e. The van der Waals surface area contributed by atoms with E-state index in [9.17, 15) is 26.3 Å². The summed E-state index contributed by atoms with van der Waals surface area (Å²) < 4.78 is 75.4. The number of carboxylic acids is 2. The topological polar surface area (TPSA) is 122 Å². The van der Waals surface area contributed by atoms with E-state index in [2.05, 4.69) is 26.3 Å². The fraction of sp³-hybridized carbons (Fsp3) is 0.524. The maximum absolute atomic E-state index is 10.6. The lowest BCUT2D eigenvalue weighted by Crippen LogP contribution is -2.32. The predicted molar refractivity (Wildman–Crippen MR) is 116 cm³/mol. The van der Waals surface area contributed by atoms with Gasteiger partial charge in [-0.3, -0.25) is 9.88 Å². The van der Waals surface area contributed by atoms with Crippen LogP contribution >= 0.6 is 11.3 Å². The van der Waals surface area contributed by atoms with Gasteiger partial charge in [0.15, 0.2) is 0 Å². The molecule has 4 rings (SSSR count). The number of rotatable bonds is 5. The molecule has 2 aliphatic rings. The number of likely N-dealkylation sites (tertiary alicyclic amines) is 1. The highest BCUT2D eigenvalue weighted by atomic mass is 32.1. The summed E-state index contributed by atoms with van der Waals surface area (Å²) in [5.74, 6) is -5.05. The number of hydrogen-bond acceptors (Lipinski definition) is 8. The fourth-order valence-electron chi connectivity index (χ4n) is 3.54. The SMILES string of the molecule is Cc1nc(CO[C@@H]2CN(Cc3cccnc3)[C@@H]3COC[C@@H]32)cs1.O=C(O)C(F)(F)F.O=C(O)C(F)(F)F. The molecule has 37 heavy (non-hydrogen) atoms. The predicted octanol–water partition coefficient (Wildman–Crippen LogP) is 3.53. The average molecular weight is 559 g/mol. The third-order valence-electron chi connectivity index (χ3n) is 5.16. The number of carbonyl (C=O) groups is 2. The van der Waals surface area contributed by atoms with E-state index in [0.29, 0.717) is 18.6 Å². The van der Waals surface area contributed by atoms with E-state index >= 15 is 0 Å². The van der Waals surface area contributed by atoms with Crippen LogP contribution in [0.2, 0.25) is 0 Å². The monoisotopic (exact) mass is 559 g/mol. The van der Waals surface area contributed by atoms with Crippen LogP contribution in [0, 0.1) is 12.8 Å². The Hall–Kier alpha value is -2.82. The quantitative estimate of drug-likeness (QED) is 0.530. The molecule has 3 atom stereocenters. The number of aliphatic carboxylic acids is 2. The first-order chi connectivity index (χ1) is 17.2. The van der Waals surface area contributed by atoms with Crippen molar-refractivity contribution in [3.8, 4) is 0 Å². The summed E-state index contributed by atoms with van der Waals surface area (Å²) in [4.78, 5) is 29.0. The van der Waals surface area contributed by atoms with Gasteiger partial charge in [0, 0.05) is 42.8 Å². The molecule has 0 aromatic carbocycles. The molecule has 0 spiro atoms. The average Bonchev–Trinajstić information content (AvgIpc) is 3.51. The molecule has 206 valence electrons. The molecule has 2 saturated heterocycles. The van der Waals surface area contributed by atoms with E-state index in [1.54, 1.807) is 11.3 Å². The first-order valence-corrected chi connectivity index (χ1v) is 11.4. The van der Waals surface area contributed by atoms with E-state index in [-0.39, 0.29) is 6.10 Å². The van der Waals surface area contributed by atoms with Gasteiger partial charge in [0.2, 0.25) is 0 Å². The van der Waals surface area contributed by atoms with Gasteiger partial charge >= 0.3 is 24.3 Å². The van der Waals surface area contributed by atoms with Crippen LogP contribution in [0.4, 0.5) is 26.3 Å². The number of ether oxygens (including phenoxy) is 2. The highest BCUT2D eigenvalue weighted by Crippen LogP contribution is 2.33. The second-order valence-electron chi connectivity index (χ2n) is 7.87. The number of alkyl halides is 6. The second kappa shape index (κ2) is 13.1. The van der Waals surface area contributed by atoms with Gasteiger partial charge in [-0.05, 0) is 18.6 Å². The summed E-state index contributed by atoms with van der Waals surface area (Å²) in [5, 5.41) is 17.4. The first-order valence-electron chi connectivity index (χ1n) is 10.5. The lowest BCUT2D eigenvalue weighted by atomic mass is 10.0. The number of nitrogens with zero attached hydrogens (tertiary/aromatic N) is 3. The fourth-order valence-corrected chi connectivity index (χ4v) is 4.14. The van der Waals surface area contributed by atoms with Gasteiger partial charge in [-0.1, -0.05) is 6.07 Å². The van der Waals surface area contributed by atoms with Crippen molar-refractivity contribution < 1.29 is 55.6 Å². The molecule has 0 aliphatic carbocycles. The Morgan fingerprint density at radius 2 is 1.78 bits per heavy atom. The van der Waals surface area contributed by atoms with Gasteiger partial charge in [0.25, 0.3) is 0 Å². The van der Waals surface area contributed by atoms with E-state index in [0.717, 1.165) is 37.0 Å². The number of aromatic nitrogens is 2. The highest BCUT2D eigenvalue weighted by Gasteiger charge is 2.46. The van der Waals surface area contributed by atoms with Crippen molar-refractivity contribution in [1.29, 1.82) is 0 Å². The van der Waals surface area contributed by atoms with Crippen molar-refractivity contribution in [2.24, 2.45) is 5.92 Å². The van der Waals surface area contributed by atoms with Crippen molar-refractivity contribution >= 4 is 23.3 Å². The first kappa shape index (κ1) is 30.4. The summed E-state index contributed by atoms with van der Waals surface area (Å²) >= 11 is 1.68. The minimum absolute atomic E-state index is 0.223. The molecule has 2 aromatic rings. The van der Waals surface area contributed by atoms with Gasteiger partial charge in [-0.25, -0.2) is 14.6 Å². The Morgan fingerprint density at radius 1 is 1.16 bits per heavy atom. The molecular weight excluding hydrogens is 536 g/mol. The van der Waals surface area contributed by atoms with Crippen molar-refractivity contribution in [2.45, 2.75) is 44.6 Å². The van der Waals surface area contributed by atoms with Gasteiger partial charge in [0.05, 0.1) is 36.6 Å². The summed E-state index contributed by atoms with van der Waals surface area (Å²) in [6.07, 6.45) is -6.19. The van der Waals surface area contributed by atoms with Crippen LogP contribution < -0.4 is 0 Å². The lowest BCUT2D eigenvalue weighted by molar-refractivity contribution is -0.193. The molecule has 2 aromatic heterocycles. The minimum Gasteiger partial charge on any atom is -0.475 e. The summed E-state index contributed by atoms with van der Waals surface area (Å²) in [6, 6.07) is 4.58.